The Labute approximate surface area is 147 Å². The van der Waals surface area contributed by atoms with E-state index in [1.807, 2.05) is 0 Å². The number of carbonyl (C=O) groups is 1. The van der Waals surface area contributed by atoms with Crippen LogP contribution in [0.4, 0.5) is 0 Å². The Hall–Kier alpha value is -1.10. The highest BCUT2D eigenvalue weighted by Crippen LogP contribution is 2.28. The van der Waals surface area contributed by atoms with E-state index in [0.717, 1.165) is 19.3 Å². The minimum atomic E-state index is -1.36. The number of rotatable bonds is 14. The van der Waals surface area contributed by atoms with E-state index in [4.69, 9.17) is 0 Å². The third-order valence-electron chi connectivity index (χ3n) is 5.08. The Morgan fingerprint density at radius 3 is 2.12 bits per heavy atom. The second-order valence-electron chi connectivity index (χ2n) is 7.17. The molecule has 1 rings (SSSR count). The summed E-state index contributed by atoms with van der Waals surface area (Å²) in [4.78, 5) is 17.3. The predicted octanol–water partition coefficient (Wildman–Crippen LogP) is 4.05. The van der Waals surface area contributed by atoms with Crippen LogP contribution in [0.25, 0.3) is 0 Å². The van der Waals surface area contributed by atoms with E-state index < -0.39 is 17.6 Å². The Balaban J connectivity index is 2.18. The van der Waals surface area contributed by atoms with Crippen LogP contribution in [0, 0.1) is 5.92 Å². The molecular formula is C19H36N2O3. The van der Waals surface area contributed by atoms with Crippen LogP contribution < -0.4 is 0 Å². The zero-order chi connectivity index (χ0) is 17.8. The molecule has 1 heterocycles. The van der Waals surface area contributed by atoms with E-state index in [-0.39, 0.29) is 0 Å². The second kappa shape index (κ2) is 11.5. The topological polar surface area (TPSA) is 73.1 Å². The number of aliphatic carboxylic acids is 1. The highest BCUT2D eigenvalue weighted by atomic mass is 16.4. The monoisotopic (exact) mass is 340 g/mol. The largest absolute Gasteiger partial charge is 0.481 e. The molecule has 5 nitrogen and oxygen atoms in total. The first-order chi connectivity index (χ1) is 11.5. The highest BCUT2D eigenvalue weighted by molar-refractivity contribution is 5.72. The van der Waals surface area contributed by atoms with Gasteiger partial charge in [0, 0.05) is 6.54 Å². The smallest absolute Gasteiger partial charge is 0.311 e. The van der Waals surface area contributed by atoms with Gasteiger partial charge in [-0.3, -0.25) is 9.79 Å². The molecular weight excluding hydrogens is 304 g/mol. The van der Waals surface area contributed by atoms with Crippen LogP contribution in [0.5, 0.6) is 0 Å². The van der Waals surface area contributed by atoms with Crippen LogP contribution >= 0.6 is 0 Å². The number of carboxylic acid groups (broad SMARTS) is 1. The molecule has 0 radical (unpaired) electrons. The zero-order valence-corrected chi connectivity index (χ0v) is 15.5. The van der Waals surface area contributed by atoms with Gasteiger partial charge in [0.15, 0.2) is 0 Å². The van der Waals surface area contributed by atoms with Crippen LogP contribution in [-0.4, -0.2) is 46.2 Å². The molecule has 0 fully saturated rings. The normalized spacial score (nSPS) is 17.9. The molecule has 1 aliphatic rings. The molecule has 0 amide bonds. The Kier molecular flexibility index (Phi) is 9.99. The molecule has 0 aromatic carbocycles. The summed E-state index contributed by atoms with van der Waals surface area (Å²) in [6.45, 7) is 5.05. The van der Waals surface area contributed by atoms with E-state index in [0.29, 0.717) is 19.5 Å². The maximum absolute atomic E-state index is 11.6. The van der Waals surface area contributed by atoms with Crippen molar-refractivity contribution in [2.45, 2.75) is 90.2 Å². The van der Waals surface area contributed by atoms with E-state index in [1.165, 1.54) is 44.9 Å². The third kappa shape index (κ3) is 7.20. The molecule has 2 N–H and O–H groups in total. The van der Waals surface area contributed by atoms with Gasteiger partial charge >= 0.3 is 5.97 Å². The second-order valence-corrected chi connectivity index (χ2v) is 7.17. The molecule has 0 aliphatic carbocycles. The SMILES string of the molecule is CCCCCCCCCCCCC(C(=O)O)C(C)(O)N1C=NCC1. The molecule has 140 valence electrons. The van der Waals surface area contributed by atoms with Gasteiger partial charge in [-0.2, -0.15) is 0 Å². The van der Waals surface area contributed by atoms with Gasteiger partial charge in [-0.25, -0.2) is 0 Å². The van der Waals surface area contributed by atoms with E-state index in [1.54, 1.807) is 18.2 Å². The number of aliphatic hydroxyl groups is 1. The van der Waals surface area contributed by atoms with Gasteiger partial charge in [0.25, 0.3) is 0 Å². The van der Waals surface area contributed by atoms with Gasteiger partial charge in [0.1, 0.15) is 11.6 Å². The van der Waals surface area contributed by atoms with Gasteiger partial charge in [-0.1, -0.05) is 71.1 Å². The summed E-state index contributed by atoms with van der Waals surface area (Å²) in [6, 6.07) is 0. The minimum Gasteiger partial charge on any atom is -0.481 e. The Bertz CT molecular complexity index is 383. The fourth-order valence-electron chi connectivity index (χ4n) is 3.39. The summed E-state index contributed by atoms with van der Waals surface area (Å²) in [5.74, 6) is -1.69. The molecule has 24 heavy (non-hydrogen) atoms. The average molecular weight is 341 g/mol. The summed E-state index contributed by atoms with van der Waals surface area (Å²) in [7, 11) is 0. The quantitative estimate of drug-likeness (QED) is 0.468. The number of hydrogen-bond acceptors (Lipinski definition) is 4. The van der Waals surface area contributed by atoms with Gasteiger partial charge < -0.3 is 15.1 Å². The minimum absolute atomic E-state index is 0.517. The number of hydrogen-bond donors (Lipinski definition) is 2. The molecule has 0 saturated carbocycles. The molecule has 0 aromatic rings. The molecule has 0 saturated heterocycles. The van der Waals surface area contributed by atoms with Crippen molar-refractivity contribution < 1.29 is 15.0 Å². The van der Waals surface area contributed by atoms with Crippen LogP contribution in [0.3, 0.4) is 0 Å². The first kappa shape index (κ1) is 20.9. The molecule has 2 unspecified atom stereocenters. The maximum Gasteiger partial charge on any atom is 0.311 e. The Morgan fingerprint density at radius 1 is 1.12 bits per heavy atom. The molecule has 0 spiro atoms. The van der Waals surface area contributed by atoms with Crippen molar-refractivity contribution in [1.29, 1.82) is 0 Å². The molecule has 2 atom stereocenters. The first-order valence-electron chi connectivity index (χ1n) is 9.72. The molecule has 5 heteroatoms. The lowest BCUT2D eigenvalue weighted by atomic mass is 9.90. The van der Waals surface area contributed by atoms with Crippen molar-refractivity contribution in [3.8, 4) is 0 Å². The number of carboxylic acids is 1. The number of nitrogens with zero attached hydrogens (tertiary/aromatic N) is 2. The van der Waals surface area contributed by atoms with Crippen LogP contribution in [0.2, 0.25) is 0 Å². The lowest BCUT2D eigenvalue weighted by Crippen LogP contribution is -2.53. The van der Waals surface area contributed by atoms with Gasteiger partial charge in [-0.15, -0.1) is 0 Å². The van der Waals surface area contributed by atoms with E-state index in [9.17, 15) is 15.0 Å². The Morgan fingerprint density at radius 2 is 1.67 bits per heavy atom. The van der Waals surface area contributed by atoms with Crippen molar-refractivity contribution in [3.05, 3.63) is 0 Å². The molecule has 0 bridgehead atoms. The predicted molar refractivity (Wildman–Crippen MR) is 98.3 cm³/mol. The van der Waals surface area contributed by atoms with Gasteiger partial charge in [-0.05, 0) is 13.3 Å². The van der Waals surface area contributed by atoms with Crippen LogP contribution in [0.1, 0.15) is 84.5 Å². The first-order valence-corrected chi connectivity index (χ1v) is 9.72. The summed E-state index contributed by atoms with van der Waals surface area (Å²) in [6.07, 6.45) is 14.3. The van der Waals surface area contributed by atoms with Crippen molar-refractivity contribution in [1.82, 2.24) is 4.90 Å². The number of unbranched alkanes of at least 4 members (excludes halogenated alkanes) is 9. The van der Waals surface area contributed by atoms with Crippen molar-refractivity contribution in [3.63, 3.8) is 0 Å². The molecule has 1 aliphatic heterocycles. The maximum atomic E-state index is 11.6. The molecule has 0 aromatic heterocycles. The average Bonchev–Trinajstić information content (AvgIpc) is 3.07. The lowest BCUT2D eigenvalue weighted by molar-refractivity contribution is -0.163. The van der Waals surface area contributed by atoms with E-state index >= 15 is 0 Å². The van der Waals surface area contributed by atoms with Gasteiger partial charge in [0.2, 0.25) is 0 Å². The standard InChI is InChI=1S/C19H36N2O3/c1-3-4-5-6-7-8-9-10-11-12-13-17(18(22)23)19(2,24)21-15-14-20-16-21/h16-17,24H,3-15H2,1-2H3,(H,22,23). The fourth-order valence-corrected chi connectivity index (χ4v) is 3.39. The van der Waals surface area contributed by atoms with Crippen LogP contribution in [0.15, 0.2) is 4.99 Å². The van der Waals surface area contributed by atoms with Crippen molar-refractivity contribution in [2.75, 3.05) is 13.1 Å². The lowest BCUT2D eigenvalue weighted by Gasteiger charge is -2.37. The summed E-state index contributed by atoms with van der Waals surface area (Å²) in [5, 5.41) is 20.1. The van der Waals surface area contributed by atoms with E-state index in [2.05, 4.69) is 11.9 Å². The summed E-state index contributed by atoms with van der Waals surface area (Å²) < 4.78 is 0. The van der Waals surface area contributed by atoms with Crippen molar-refractivity contribution >= 4 is 12.3 Å². The van der Waals surface area contributed by atoms with Gasteiger partial charge in [0.05, 0.1) is 12.9 Å². The summed E-state index contributed by atoms with van der Waals surface area (Å²) >= 11 is 0. The van der Waals surface area contributed by atoms with Crippen molar-refractivity contribution in [2.24, 2.45) is 10.9 Å². The number of aliphatic imine (C=N–C) groups is 1. The highest BCUT2D eigenvalue weighted by Gasteiger charge is 2.41. The summed E-state index contributed by atoms with van der Waals surface area (Å²) in [5.41, 5.74) is -1.36. The van der Waals surface area contributed by atoms with Crippen LogP contribution in [-0.2, 0) is 4.79 Å². The fraction of sp³-hybridized carbons (Fsp3) is 0.895. The zero-order valence-electron chi connectivity index (χ0n) is 15.5. The third-order valence-corrected chi connectivity index (χ3v) is 5.08.